The van der Waals surface area contributed by atoms with Crippen LogP contribution in [0.4, 0.5) is 0 Å². The highest BCUT2D eigenvalue weighted by Crippen LogP contribution is 2.34. The van der Waals surface area contributed by atoms with E-state index in [9.17, 15) is 0 Å². The highest BCUT2D eigenvalue weighted by molar-refractivity contribution is 5.19. The Hall–Kier alpha value is -0.860. The molecule has 21 heavy (non-hydrogen) atoms. The molecule has 1 aromatic carbocycles. The van der Waals surface area contributed by atoms with Gasteiger partial charge in [-0.05, 0) is 64.3 Å². The number of rotatable bonds is 8. The van der Waals surface area contributed by atoms with Crippen LogP contribution >= 0.6 is 0 Å². The second kappa shape index (κ2) is 9.22. The fraction of sp³-hybridized carbons (Fsp3) is 0.684. The predicted octanol–water partition coefficient (Wildman–Crippen LogP) is 4.24. The van der Waals surface area contributed by atoms with Crippen molar-refractivity contribution in [2.45, 2.75) is 51.0 Å². The summed E-state index contributed by atoms with van der Waals surface area (Å²) in [4.78, 5) is 2.27. The molecule has 2 rings (SSSR count). The minimum absolute atomic E-state index is 0.561. The Kier molecular flexibility index (Phi) is 7.25. The summed E-state index contributed by atoms with van der Waals surface area (Å²) in [5.41, 5.74) is 1.48. The maximum absolute atomic E-state index is 3.86. The van der Waals surface area contributed by atoms with Crippen LogP contribution in [0.25, 0.3) is 0 Å². The van der Waals surface area contributed by atoms with Crippen molar-refractivity contribution in [3.05, 3.63) is 35.9 Å². The third kappa shape index (κ3) is 5.80. The number of nitrogens with one attached hydrogen (secondary N) is 1. The van der Waals surface area contributed by atoms with Crippen molar-refractivity contribution in [2.24, 2.45) is 5.92 Å². The molecule has 2 heteroatoms. The molecule has 1 atom stereocenters. The Balaban J connectivity index is 1.86. The first-order valence-electron chi connectivity index (χ1n) is 8.70. The molecule has 0 saturated heterocycles. The van der Waals surface area contributed by atoms with Crippen LogP contribution in [0.2, 0.25) is 0 Å². The van der Waals surface area contributed by atoms with Gasteiger partial charge < -0.3 is 10.2 Å². The second-order valence-corrected chi connectivity index (χ2v) is 6.75. The molecule has 2 nitrogen and oxygen atoms in total. The Bertz CT molecular complexity index is 368. The van der Waals surface area contributed by atoms with E-state index < -0.39 is 0 Å². The van der Waals surface area contributed by atoms with E-state index >= 15 is 0 Å². The Morgan fingerprint density at radius 1 is 1.05 bits per heavy atom. The summed E-state index contributed by atoms with van der Waals surface area (Å²) in [5, 5.41) is 3.86. The highest BCUT2D eigenvalue weighted by atomic mass is 15.0. The molecule has 1 unspecified atom stereocenters. The molecule has 0 radical (unpaired) electrons. The minimum Gasteiger partial charge on any atom is -0.310 e. The van der Waals surface area contributed by atoms with Crippen molar-refractivity contribution in [3.63, 3.8) is 0 Å². The van der Waals surface area contributed by atoms with Gasteiger partial charge in [0.25, 0.3) is 0 Å². The molecule has 0 aromatic heterocycles. The van der Waals surface area contributed by atoms with Crippen molar-refractivity contribution >= 4 is 0 Å². The first-order chi connectivity index (χ1) is 10.3. The van der Waals surface area contributed by atoms with Gasteiger partial charge in [0, 0.05) is 6.04 Å². The normalized spacial score (nSPS) is 18.0. The molecular formula is C19H32N2. The minimum atomic E-state index is 0.561. The third-order valence-corrected chi connectivity index (χ3v) is 4.68. The van der Waals surface area contributed by atoms with Crippen LogP contribution < -0.4 is 5.32 Å². The zero-order valence-corrected chi connectivity index (χ0v) is 13.9. The van der Waals surface area contributed by atoms with E-state index in [0.29, 0.717) is 6.04 Å². The average molecular weight is 288 g/mol. The number of nitrogens with zero attached hydrogens (tertiary/aromatic N) is 1. The summed E-state index contributed by atoms with van der Waals surface area (Å²) >= 11 is 0. The zero-order chi connectivity index (χ0) is 14.9. The monoisotopic (exact) mass is 288 g/mol. The van der Waals surface area contributed by atoms with Gasteiger partial charge in [-0.15, -0.1) is 0 Å². The smallest absolute Gasteiger partial charge is 0.0348 e. The van der Waals surface area contributed by atoms with E-state index in [1.807, 2.05) is 0 Å². The van der Waals surface area contributed by atoms with Crippen LogP contribution in [0, 0.1) is 5.92 Å². The molecule has 0 heterocycles. The maximum Gasteiger partial charge on any atom is 0.0348 e. The molecule has 0 spiro atoms. The number of benzene rings is 1. The van der Waals surface area contributed by atoms with E-state index in [2.05, 4.69) is 54.6 Å². The van der Waals surface area contributed by atoms with E-state index in [1.165, 1.54) is 57.1 Å². The van der Waals surface area contributed by atoms with Gasteiger partial charge >= 0.3 is 0 Å². The average Bonchev–Trinajstić information content (AvgIpc) is 2.52. The fourth-order valence-corrected chi connectivity index (χ4v) is 3.50. The van der Waals surface area contributed by atoms with Crippen LogP contribution in [0.15, 0.2) is 30.3 Å². The Morgan fingerprint density at radius 2 is 1.76 bits per heavy atom. The summed E-state index contributed by atoms with van der Waals surface area (Å²) in [7, 11) is 4.31. The molecular weight excluding hydrogens is 256 g/mol. The van der Waals surface area contributed by atoms with E-state index in [4.69, 9.17) is 0 Å². The van der Waals surface area contributed by atoms with Crippen molar-refractivity contribution < 1.29 is 0 Å². The van der Waals surface area contributed by atoms with Gasteiger partial charge in [0.1, 0.15) is 0 Å². The van der Waals surface area contributed by atoms with Crippen LogP contribution in [0.5, 0.6) is 0 Å². The van der Waals surface area contributed by atoms with Crippen molar-refractivity contribution in [1.82, 2.24) is 10.2 Å². The Morgan fingerprint density at radius 3 is 2.43 bits per heavy atom. The first-order valence-corrected chi connectivity index (χ1v) is 8.70. The highest BCUT2D eigenvalue weighted by Gasteiger charge is 2.24. The van der Waals surface area contributed by atoms with Crippen molar-refractivity contribution in [2.75, 3.05) is 27.2 Å². The summed E-state index contributed by atoms with van der Waals surface area (Å²) < 4.78 is 0. The third-order valence-electron chi connectivity index (χ3n) is 4.68. The summed E-state index contributed by atoms with van der Waals surface area (Å²) in [6.07, 6.45) is 9.60. The van der Waals surface area contributed by atoms with Gasteiger partial charge in [0.2, 0.25) is 0 Å². The van der Waals surface area contributed by atoms with E-state index in [1.54, 1.807) is 0 Å². The summed E-state index contributed by atoms with van der Waals surface area (Å²) in [5.74, 6) is 0.829. The molecule has 0 amide bonds. The summed E-state index contributed by atoms with van der Waals surface area (Å²) in [6.45, 7) is 2.34. The van der Waals surface area contributed by atoms with Crippen molar-refractivity contribution in [1.29, 1.82) is 0 Å². The van der Waals surface area contributed by atoms with Gasteiger partial charge in [-0.3, -0.25) is 0 Å². The van der Waals surface area contributed by atoms with Crippen LogP contribution in [0.3, 0.4) is 0 Å². The first kappa shape index (κ1) is 16.5. The van der Waals surface area contributed by atoms with Gasteiger partial charge in [-0.2, -0.15) is 0 Å². The van der Waals surface area contributed by atoms with Gasteiger partial charge in [-0.1, -0.05) is 49.6 Å². The Labute approximate surface area is 130 Å². The van der Waals surface area contributed by atoms with Crippen LogP contribution in [0.1, 0.15) is 56.6 Å². The van der Waals surface area contributed by atoms with Crippen LogP contribution in [-0.2, 0) is 0 Å². The SMILES string of the molecule is CN(C)CCCCNC(c1ccccc1)C1CCCCC1. The zero-order valence-electron chi connectivity index (χ0n) is 13.9. The van der Waals surface area contributed by atoms with E-state index in [-0.39, 0.29) is 0 Å². The lowest BCUT2D eigenvalue weighted by molar-refractivity contribution is 0.269. The number of unbranched alkanes of at least 4 members (excludes halogenated alkanes) is 1. The standard InChI is InChI=1S/C19H32N2/c1-21(2)16-10-9-15-20-19(17-11-5-3-6-12-17)18-13-7-4-8-14-18/h3,5-6,11-12,18-20H,4,7-10,13-16H2,1-2H3. The molecule has 0 aliphatic heterocycles. The van der Waals surface area contributed by atoms with E-state index in [0.717, 1.165) is 12.5 Å². The molecule has 0 bridgehead atoms. The second-order valence-electron chi connectivity index (χ2n) is 6.75. The number of hydrogen-bond donors (Lipinski definition) is 1. The van der Waals surface area contributed by atoms with Gasteiger partial charge in [0.15, 0.2) is 0 Å². The predicted molar refractivity (Wildman–Crippen MR) is 91.5 cm³/mol. The lowest BCUT2D eigenvalue weighted by Crippen LogP contribution is -2.30. The maximum atomic E-state index is 3.86. The quantitative estimate of drug-likeness (QED) is 0.720. The lowest BCUT2D eigenvalue weighted by Gasteiger charge is -2.31. The number of hydrogen-bond acceptors (Lipinski definition) is 2. The lowest BCUT2D eigenvalue weighted by atomic mass is 9.81. The van der Waals surface area contributed by atoms with Crippen molar-refractivity contribution in [3.8, 4) is 0 Å². The van der Waals surface area contributed by atoms with Gasteiger partial charge in [-0.25, -0.2) is 0 Å². The summed E-state index contributed by atoms with van der Waals surface area (Å²) in [6, 6.07) is 11.6. The molecule has 1 aliphatic rings. The topological polar surface area (TPSA) is 15.3 Å². The fourth-order valence-electron chi connectivity index (χ4n) is 3.50. The molecule has 1 aliphatic carbocycles. The largest absolute Gasteiger partial charge is 0.310 e. The molecule has 1 saturated carbocycles. The molecule has 1 N–H and O–H groups in total. The van der Waals surface area contributed by atoms with Gasteiger partial charge in [0.05, 0.1) is 0 Å². The molecule has 1 fully saturated rings. The molecule has 118 valence electrons. The molecule has 1 aromatic rings. The van der Waals surface area contributed by atoms with Crippen LogP contribution in [-0.4, -0.2) is 32.1 Å².